The molecular formula is C22H29F2NO4. The quantitative estimate of drug-likeness (QED) is 0.787. The lowest BCUT2D eigenvalue weighted by molar-refractivity contribution is -0.136. The van der Waals surface area contributed by atoms with Gasteiger partial charge >= 0.3 is 6.61 Å². The fourth-order valence-corrected chi connectivity index (χ4v) is 6.38. The van der Waals surface area contributed by atoms with Crippen molar-refractivity contribution < 1.29 is 27.8 Å². The molecule has 160 valence electrons. The summed E-state index contributed by atoms with van der Waals surface area (Å²) in [6.07, 6.45) is 2.75. The summed E-state index contributed by atoms with van der Waals surface area (Å²) >= 11 is 0. The number of fused-ring (bicyclic) bond motifs is 1. The number of carbonyl (C=O) groups excluding carboxylic acids is 1. The highest BCUT2D eigenvalue weighted by molar-refractivity contribution is 5.73. The van der Waals surface area contributed by atoms with Crippen molar-refractivity contribution in [2.75, 3.05) is 13.7 Å². The van der Waals surface area contributed by atoms with E-state index in [9.17, 15) is 13.6 Å². The van der Waals surface area contributed by atoms with E-state index in [1.54, 1.807) is 19.1 Å². The van der Waals surface area contributed by atoms with Gasteiger partial charge in [0.05, 0.1) is 13.2 Å². The third kappa shape index (κ3) is 3.18. The van der Waals surface area contributed by atoms with Crippen molar-refractivity contribution in [3.05, 3.63) is 23.8 Å². The molecule has 29 heavy (non-hydrogen) atoms. The Morgan fingerprint density at radius 2 is 2.07 bits per heavy atom. The summed E-state index contributed by atoms with van der Waals surface area (Å²) in [7, 11) is 1.43. The monoisotopic (exact) mass is 409 g/mol. The molecule has 0 aromatic heterocycles. The molecular weight excluding hydrogens is 380 g/mol. The zero-order valence-corrected chi connectivity index (χ0v) is 17.3. The molecule has 1 aromatic rings. The molecule has 7 heteroatoms. The van der Waals surface area contributed by atoms with E-state index in [1.165, 1.54) is 7.11 Å². The van der Waals surface area contributed by atoms with Gasteiger partial charge in [-0.3, -0.25) is 4.79 Å². The zero-order chi connectivity index (χ0) is 21.0. The van der Waals surface area contributed by atoms with Gasteiger partial charge in [-0.15, -0.1) is 0 Å². The van der Waals surface area contributed by atoms with Crippen LogP contribution in [0.3, 0.4) is 0 Å². The van der Waals surface area contributed by atoms with E-state index in [1.807, 2.05) is 6.07 Å². The molecule has 5 nitrogen and oxygen atoms in total. The first-order valence-electron chi connectivity index (χ1n) is 10.2. The minimum atomic E-state index is -2.93. The van der Waals surface area contributed by atoms with E-state index >= 15 is 0 Å². The Morgan fingerprint density at radius 3 is 2.72 bits per heavy atom. The third-order valence-electron chi connectivity index (χ3n) is 7.58. The highest BCUT2D eigenvalue weighted by atomic mass is 19.3. The average Bonchev–Trinajstić information content (AvgIpc) is 3.13. The second kappa shape index (κ2) is 7.11. The molecule has 0 radical (unpaired) electrons. The highest BCUT2D eigenvalue weighted by Crippen LogP contribution is 2.70. The molecule has 1 N–H and O–H groups in total. The molecule has 1 spiro atoms. The van der Waals surface area contributed by atoms with Crippen LogP contribution < -0.4 is 14.8 Å². The Balaban J connectivity index is 1.69. The number of halogens is 2. The lowest BCUT2D eigenvalue weighted by Crippen LogP contribution is -2.58. The predicted molar refractivity (Wildman–Crippen MR) is 103 cm³/mol. The van der Waals surface area contributed by atoms with Crippen LogP contribution in [0.1, 0.15) is 51.7 Å². The van der Waals surface area contributed by atoms with E-state index in [-0.39, 0.29) is 46.3 Å². The molecule has 4 rings (SSSR count). The fraction of sp³-hybridized carbons (Fsp3) is 0.682. The van der Waals surface area contributed by atoms with Crippen molar-refractivity contribution in [2.45, 2.75) is 58.8 Å². The summed E-state index contributed by atoms with van der Waals surface area (Å²) in [4.78, 5) is 12.0. The first kappa shape index (κ1) is 20.4. The average molecular weight is 409 g/mol. The maximum absolute atomic E-state index is 12.9. The van der Waals surface area contributed by atoms with Gasteiger partial charge in [-0.2, -0.15) is 8.78 Å². The van der Waals surface area contributed by atoms with Crippen LogP contribution in [0.25, 0.3) is 0 Å². The van der Waals surface area contributed by atoms with Crippen molar-refractivity contribution in [3.8, 4) is 11.5 Å². The molecule has 5 atom stereocenters. The van der Waals surface area contributed by atoms with E-state index in [0.29, 0.717) is 12.5 Å². The van der Waals surface area contributed by atoms with Gasteiger partial charge < -0.3 is 19.5 Å². The molecule has 1 saturated heterocycles. The molecule has 2 bridgehead atoms. The summed E-state index contributed by atoms with van der Waals surface area (Å²) < 4.78 is 41.7. The Labute approximate surface area is 170 Å². The van der Waals surface area contributed by atoms with Crippen LogP contribution >= 0.6 is 0 Å². The van der Waals surface area contributed by atoms with Crippen LogP contribution in [0.4, 0.5) is 8.78 Å². The summed E-state index contributed by atoms with van der Waals surface area (Å²) in [6.45, 7) is 3.72. The Hall–Kier alpha value is -1.89. The minimum Gasteiger partial charge on any atom is -0.493 e. The molecule has 2 saturated carbocycles. The summed E-state index contributed by atoms with van der Waals surface area (Å²) in [5, 5.41) is 3.24. The van der Waals surface area contributed by atoms with Crippen LogP contribution in [0.2, 0.25) is 0 Å². The van der Waals surface area contributed by atoms with E-state index in [4.69, 9.17) is 9.47 Å². The fourth-order valence-electron chi connectivity index (χ4n) is 6.38. The van der Waals surface area contributed by atoms with Crippen molar-refractivity contribution in [1.82, 2.24) is 5.32 Å². The zero-order valence-electron chi connectivity index (χ0n) is 17.3. The first-order valence-corrected chi connectivity index (χ1v) is 10.2. The van der Waals surface area contributed by atoms with Gasteiger partial charge in [-0.1, -0.05) is 19.9 Å². The number of nitrogens with one attached hydrogen (secondary N) is 1. The summed E-state index contributed by atoms with van der Waals surface area (Å²) in [5.74, 6) is 0.987. The number of benzene rings is 1. The molecule has 0 unspecified atom stereocenters. The predicted octanol–water partition coefficient (Wildman–Crippen LogP) is 4.32. The van der Waals surface area contributed by atoms with Crippen LogP contribution in [0.15, 0.2) is 18.2 Å². The normalized spacial score (nSPS) is 34.7. The second-order valence-corrected chi connectivity index (χ2v) is 9.26. The SMILES string of the molecule is COc1ccc([C@H]2OCC[C@@]34C[C@@H](C[C@H]23)C(C)(C)[C@H]4NC(C)=O)cc1OC(F)F. The van der Waals surface area contributed by atoms with E-state index < -0.39 is 6.61 Å². The standard InChI is InChI=1S/C22H29F2NO4/c1-12(26)25-19-21(2,3)14-10-15-18(28-8-7-22(15,19)11-14)13-5-6-16(27-4)17(9-13)29-20(23)24/h5-6,9,14-15,18-20H,7-8,10-11H2,1-4H3,(H,25,26)/t14-,15-,18-,19-,22-/m1/s1. The first-order chi connectivity index (χ1) is 13.7. The number of methoxy groups -OCH3 is 1. The number of hydrogen-bond donors (Lipinski definition) is 1. The van der Waals surface area contributed by atoms with Crippen molar-refractivity contribution >= 4 is 5.91 Å². The Morgan fingerprint density at radius 1 is 1.31 bits per heavy atom. The van der Waals surface area contributed by atoms with E-state index in [2.05, 4.69) is 23.9 Å². The van der Waals surface area contributed by atoms with Crippen molar-refractivity contribution in [1.29, 1.82) is 0 Å². The lowest BCUT2D eigenvalue weighted by Gasteiger charge is -2.53. The lowest BCUT2D eigenvalue weighted by atomic mass is 9.59. The number of hydrogen-bond acceptors (Lipinski definition) is 4. The van der Waals surface area contributed by atoms with Crippen molar-refractivity contribution in [2.24, 2.45) is 22.7 Å². The summed E-state index contributed by atoms with van der Waals surface area (Å²) in [5.41, 5.74) is 0.804. The van der Waals surface area contributed by atoms with Gasteiger partial charge in [-0.25, -0.2) is 0 Å². The second-order valence-electron chi connectivity index (χ2n) is 9.26. The van der Waals surface area contributed by atoms with Crippen LogP contribution in [0.5, 0.6) is 11.5 Å². The number of carbonyl (C=O) groups is 1. The molecule has 1 amide bonds. The molecule has 2 aliphatic carbocycles. The molecule has 3 aliphatic rings. The molecule has 3 fully saturated rings. The highest BCUT2D eigenvalue weighted by Gasteiger charge is 2.68. The Bertz CT molecular complexity index is 799. The number of amides is 1. The van der Waals surface area contributed by atoms with Gasteiger partial charge in [0.1, 0.15) is 0 Å². The van der Waals surface area contributed by atoms with E-state index in [0.717, 1.165) is 24.8 Å². The maximum Gasteiger partial charge on any atom is 0.387 e. The molecule has 1 aliphatic heterocycles. The number of rotatable bonds is 5. The van der Waals surface area contributed by atoms with Gasteiger partial charge in [0.25, 0.3) is 0 Å². The molecule has 1 aromatic carbocycles. The van der Waals surface area contributed by atoms with Crippen LogP contribution in [-0.4, -0.2) is 32.3 Å². The van der Waals surface area contributed by atoms with Crippen LogP contribution in [0, 0.1) is 22.7 Å². The minimum absolute atomic E-state index is 0.0103. The van der Waals surface area contributed by atoms with Gasteiger partial charge in [-0.05, 0) is 59.6 Å². The third-order valence-corrected chi connectivity index (χ3v) is 7.58. The van der Waals surface area contributed by atoms with Crippen molar-refractivity contribution in [3.63, 3.8) is 0 Å². The van der Waals surface area contributed by atoms with Gasteiger partial charge in [0.2, 0.25) is 5.91 Å². The van der Waals surface area contributed by atoms with Crippen LogP contribution in [-0.2, 0) is 9.53 Å². The topological polar surface area (TPSA) is 56.8 Å². The van der Waals surface area contributed by atoms with Gasteiger partial charge in [0, 0.05) is 19.6 Å². The number of alkyl halides is 2. The Kier molecular flexibility index (Phi) is 5.00. The number of ether oxygens (including phenoxy) is 3. The largest absolute Gasteiger partial charge is 0.493 e. The maximum atomic E-state index is 12.9. The smallest absolute Gasteiger partial charge is 0.387 e. The molecule has 1 heterocycles. The van der Waals surface area contributed by atoms with Gasteiger partial charge in [0.15, 0.2) is 11.5 Å². The summed E-state index contributed by atoms with van der Waals surface area (Å²) in [6, 6.07) is 5.21.